The van der Waals surface area contributed by atoms with Crippen molar-refractivity contribution in [3.63, 3.8) is 0 Å². The minimum Gasteiger partial charge on any atom is -0.339 e. The average molecular weight is 252 g/mol. The quantitative estimate of drug-likeness (QED) is 0.716. The summed E-state index contributed by atoms with van der Waals surface area (Å²) in [6.45, 7) is 2.06. The highest BCUT2D eigenvalue weighted by molar-refractivity contribution is 5.45. The third kappa shape index (κ3) is 2.49. The van der Waals surface area contributed by atoms with Crippen LogP contribution in [0.5, 0.6) is 0 Å². The average Bonchev–Trinajstić information content (AvgIpc) is 2.91. The van der Waals surface area contributed by atoms with Crippen molar-refractivity contribution in [3.8, 4) is 11.5 Å². The number of rotatable bonds is 3. The van der Waals surface area contributed by atoms with Gasteiger partial charge in [-0.25, -0.2) is 4.98 Å². The summed E-state index contributed by atoms with van der Waals surface area (Å²) in [5, 5.41) is 3.92. The molecule has 0 aliphatic carbocycles. The number of aryl methyl sites for hydroxylation is 1. The molecule has 0 amide bonds. The predicted octanol–water partition coefficient (Wildman–Crippen LogP) is 2.43. The number of nitrogens with zero attached hydrogens (tertiary/aromatic N) is 4. The molecule has 0 atom stereocenters. The van der Waals surface area contributed by atoms with Crippen molar-refractivity contribution in [2.24, 2.45) is 0 Å². The Morgan fingerprint density at radius 3 is 2.84 bits per heavy atom. The SMILES string of the molecule is Cc1ccccc1Cc1nc(-c2cnccn2)no1. The molecule has 0 spiro atoms. The summed E-state index contributed by atoms with van der Waals surface area (Å²) >= 11 is 0. The van der Waals surface area contributed by atoms with Gasteiger partial charge in [-0.05, 0) is 18.1 Å². The molecule has 3 aromatic rings. The molecule has 5 heteroatoms. The van der Waals surface area contributed by atoms with Crippen LogP contribution in [0.1, 0.15) is 17.0 Å². The second kappa shape index (κ2) is 4.97. The highest BCUT2D eigenvalue weighted by atomic mass is 16.5. The lowest BCUT2D eigenvalue weighted by Gasteiger charge is -2.00. The van der Waals surface area contributed by atoms with Gasteiger partial charge in [-0.3, -0.25) is 4.98 Å². The maximum absolute atomic E-state index is 5.25. The normalized spacial score (nSPS) is 10.6. The lowest BCUT2D eigenvalue weighted by molar-refractivity contribution is 0.385. The molecule has 3 rings (SSSR count). The fourth-order valence-corrected chi connectivity index (χ4v) is 1.82. The number of aromatic nitrogens is 4. The summed E-state index contributed by atoms with van der Waals surface area (Å²) in [4.78, 5) is 12.5. The molecule has 2 heterocycles. The molecule has 1 aromatic carbocycles. The first-order chi connectivity index (χ1) is 9.33. The Morgan fingerprint density at radius 1 is 1.16 bits per heavy atom. The van der Waals surface area contributed by atoms with E-state index in [1.54, 1.807) is 18.6 Å². The molecule has 0 saturated heterocycles. The molecule has 0 aliphatic rings. The second-order valence-electron chi connectivity index (χ2n) is 4.21. The van der Waals surface area contributed by atoms with Crippen LogP contribution < -0.4 is 0 Å². The zero-order valence-corrected chi connectivity index (χ0v) is 10.4. The van der Waals surface area contributed by atoms with Gasteiger partial charge in [0, 0.05) is 12.4 Å². The topological polar surface area (TPSA) is 64.7 Å². The molecule has 0 bridgehead atoms. The maximum atomic E-state index is 5.25. The zero-order chi connectivity index (χ0) is 13.1. The minimum absolute atomic E-state index is 0.469. The van der Waals surface area contributed by atoms with Gasteiger partial charge in [0.2, 0.25) is 11.7 Å². The van der Waals surface area contributed by atoms with E-state index in [2.05, 4.69) is 39.2 Å². The highest BCUT2D eigenvalue weighted by Crippen LogP contribution is 2.15. The molecule has 2 aromatic heterocycles. The van der Waals surface area contributed by atoms with Crippen LogP contribution in [0.25, 0.3) is 11.5 Å². The van der Waals surface area contributed by atoms with Crippen molar-refractivity contribution in [2.45, 2.75) is 13.3 Å². The standard InChI is InChI=1S/C14H12N4O/c1-10-4-2-3-5-11(10)8-13-17-14(18-19-13)12-9-15-6-7-16-12/h2-7,9H,8H2,1H3. The molecular weight excluding hydrogens is 240 g/mol. The first-order valence-electron chi connectivity index (χ1n) is 5.96. The van der Waals surface area contributed by atoms with Crippen molar-refractivity contribution in [2.75, 3.05) is 0 Å². The summed E-state index contributed by atoms with van der Waals surface area (Å²) in [6.07, 6.45) is 5.45. The molecule has 94 valence electrons. The highest BCUT2D eigenvalue weighted by Gasteiger charge is 2.10. The molecule has 0 unspecified atom stereocenters. The van der Waals surface area contributed by atoms with Crippen LogP contribution in [0.3, 0.4) is 0 Å². The van der Waals surface area contributed by atoms with E-state index in [9.17, 15) is 0 Å². The monoisotopic (exact) mass is 252 g/mol. The summed E-state index contributed by atoms with van der Waals surface area (Å²) in [6, 6.07) is 8.14. The van der Waals surface area contributed by atoms with Crippen LogP contribution in [0.15, 0.2) is 47.4 Å². The fourth-order valence-electron chi connectivity index (χ4n) is 1.82. The molecule has 0 N–H and O–H groups in total. The van der Waals surface area contributed by atoms with Crippen LogP contribution in [0.2, 0.25) is 0 Å². The molecule has 0 fully saturated rings. The number of hydrogen-bond acceptors (Lipinski definition) is 5. The van der Waals surface area contributed by atoms with Crippen molar-refractivity contribution >= 4 is 0 Å². The van der Waals surface area contributed by atoms with Gasteiger partial charge in [0.05, 0.1) is 12.6 Å². The molecule has 0 radical (unpaired) electrons. The van der Waals surface area contributed by atoms with E-state index in [1.807, 2.05) is 12.1 Å². The van der Waals surface area contributed by atoms with Gasteiger partial charge < -0.3 is 4.52 Å². The van der Waals surface area contributed by atoms with E-state index >= 15 is 0 Å². The Bertz CT molecular complexity index is 679. The molecule has 19 heavy (non-hydrogen) atoms. The van der Waals surface area contributed by atoms with Gasteiger partial charge in [-0.15, -0.1) is 0 Å². The van der Waals surface area contributed by atoms with Crippen molar-refractivity contribution in [1.29, 1.82) is 0 Å². The van der Waals surface area contributed by atoms with Crippen LogP contribution in [-0.2, 0) is 6.42 Å². The Kier molecular flexibility index (Phi) is 3.02. The summed E-state index contributed by atoms with van der Waals surface area (Å²) < 4.78 is 5.25. The van der Waals surface area contributed by atoms with E-state index in [4.69, 9.17) is 4.52 Å². The molecule has 0 saturated carbocycles. The summed E-state index contributed by atoms with van der Waals surface area (Å²) in [5.41, 5.74) is 3.00. The van der Waals surface area contributed by atoms with Crippen LogP contribution in [0.4, 0.5) is 0 Å². The second-order valence-corrected chi connectivity index (χ2v) is 4.21. The number of hydrogen-bond donors (Lipinski definition) is 0. The minimum atomic E-state index is 0.469. The summed E-state index contributed by atoms with van der Waals surface area (Å²) in [5.74, 6) is 1.05. The first kappa shape index (κ1) is 11.5. The number of benzene rings is 1. The smallest absolute Gasteiger partial charge is 0.231 e. The Morgan fingerprint density at radius 2 is 2.05 bits per heavy atom. The molecule has 0 aliphatic heterocycles. The first-order valence-corrected chi connectivity index (χ1v) is 5.96. The van der Waals surface area contributed by atoms with E-state index in [-0.39, 0.29) is 0 Å². The largest absolute Gasteiger partial charge is 0.339 e. The third-order valence-corrected chi connectivity index (χ3v) is 2.86. The lowest BCUT2D eigenvalue weighted by atomic mass is 10.1. The summed E-state index contributed by atoms with van der Waals surface area (Å²) in [7, 11) is 0. The van der Waals surface area contributed by atoms with Gasteiger partial charge in [-0.1, -0.05) is 29.4 Å². The van der Waals surface area contributed by atoms with Crippen LogP contribution >= 0.6 is 0 Å². The van der Waals surface area contributed by atoms with Gasteiger partial charge in [0.15, 0.2) is 0 Å². The Balaban J connectivity index is 1.85. The van der Waals surface area contributed by atoms with Crippen LogP contribution in [-0.4, -0.2) is 20.1 Å². The van der Waals surface area contributed by atoms with Gasteiger partial charge >= 0.3 is 0 Å². The van der Waals surface area contributed by atoms with Gasteiger partial charge in [0.25, 0.3) is 0 Å². The zero-order valence-electron chi connectivity index (χ0n) is 10.4. The van der Waals surface area contributed by atoms with E-state index in [0.717, 1.165) is 0 Å². The molecule has 5 nitrogen and oxygen atoms in total. The van der Waals surface area contributed by atoms with Gasteiger partial charge in [0.1, 0.15) is 5.69 Å². The van der Waals surface area contributed by atoms with Crippen molar-refractivity contribution in [1.82, 2.24) is 20.1 Å². The van der Waals surface area contributed by atoms with E-state index < -0.39 is 0 Å². The predicted molar refractivity (Wildman–Crippen MR) is 69.3 cm³/mol. The van der Waals surface area contributed by atoms with Crippen molar-refractivity contribution in [3.05, 3.63) is 59.9 Å². The lowest BCUT2D eigenvalue weighted by Crippen LogP contribution is -1.92. The maximum Gasteiger partial charge on any atom is 0.231 e. The van der Waals surface area contributed by atoms with E-state index in [1.165, 1.54) is 11.1 Å². The van der Waals surface area contributed by atoms with Crippen molar-refractivity contribution < 1.29 is 4.52 Å². The Hall–Kier alpha value is -2.56. The fraction of sp³-hybridized carbons (Fsp3) is 0.143. The van der Waals surface area contributed by atoms with E-state index in [0.29, 0.717) is 23.8 Å². The molecular formula is C14H12N4O. The van der Waals surface area contributed by atoms with Gasteiger partial charge in [-0.2, -0.15) is 4.98 Å². The van der Waals surface area contributed by atoms with Crippen LogP contribution in [0, 0.1) is 6.92 Å². The third-order valence-electron chi connectivity index (χ3n) is 2.86. The Labute approximate surface area is 110 Å².